The molecular formula is C24H22Cl5N3O4. The first-order chi connectivity index (χ1) is 17.1. The van der Waals surface area contributed by atoms with E-state index in [9.17, 15) is 9.90 Å². The number of carbonyl (C=O) groups excluding carboxylic acids is 1. The van der Waals surface area contributed by atoms with Crippen LogP contribution in [-0.4, -0.2) is 30.5 Å². The summed E-state index contributed by atoms with van der Waals surface area (Å²) in [6.07, 6.45) is 0.0895. The highest BCUT2D eigenvalue weighted by Gasteiger charge is 2.39. The number of hydrogen-bond donors (Lipinski definition) is 2. The van der Waals surface area contributed by atoms with Gasteiger partial charge in [0, 0.05) is 17.2 Å². The Kier molecular flexibility index (Phi) is 8.75. The van der Waals surface area contributed by atoms with Gasteiger partial charge < -0.3 is 24.5 Å². The van der Waals surface area contributed by atoms with Gasteiger partial charge in [-0.15, -0.1) is 0 Å². The van der Waals surface area contributed by atoms with Gasteiger partial charge in [-0.3, -0.25) is 4.79 Å². The van der Waals surface area contributed by atoms with Crippen LogP contribution in [-0.2, 0) is 27.4 Å². The molecule has 1 aromatic heterocycles. The Morgan fingerprint density at radius 1 is 1.11 bits per heavy atom. The zero-order valence-electron chi connectivity index (χ0n) is 18.9. The summed E-state index contributed by atoms with van der Waals surface area (Å²) in [7, 11) is 0. The molecule has 0 bridgehead atoms. The van der Waals surface area contributed by atoms with E-state index < -0.39 is 16.0 Å². The number of halogens is 5. The number of nitrogens with one attached hydrogen (secondary N) is 1. The molecule has 1 aliphatic rings. The first-order valence-corrected chi connectivity index (χ1v) is 12.8. The average molecular weight is 594 g/mol. The van der Waals surface area contributed by atoms with Crippen molar-refractivity contribution in [2.45, 2.75) is 42.4 Å². The summed E-state index contributed by atoms with van der Waals surface area (Å²) in [5.41, 5.74) is 2.79. The van der Waals surface area contributed by atoms with Crippen molar-refractivity contribution in [3.8, 4) is 0 Å². The van der Waals surface area contributed by atoms with Gasteiger partial charge in [-0.25, -0.2) is 4.98 Å². The first-order valence-electron chi connectivity index (χ1n) is 10.9. The number of ether oxygens (including phenoxy) is 2. The maximum absolute atomic E-state index is 12.1. The average Bonchev–Trinajstić information content (AvgIpc) is 3.17. The second kappa shape index (κ2) is 11.5. The maximum Gasteiger partial charge on any atom is 0.276 e. The van der Waals surface area contributed by atoms with E-state index in [1.165, 1.54) is 0 Å². The molecule has 0 radical (unpaired) electrons. The second-order valence-corrected chi connectivity index (χ2v) is 11.4. The number of hydrogen-bond acceptors (Lipinski definition) is 5. The molecule has 0 saturated carbocycles. The van der Waals surface area contributed by atoms with Crippen LogP contribution in [0.1, 0.15) is 36.0 Å². The number of rotatable bonds is 6. The maximum atomic E-state index is 12.1. The van der Waals surface area contributed by atoms with E-state index >= 15 is 0 Å². The van der Waals surface area contributed by atoms with Gasteiger partial charge in [0.25, 0.3) is 9.70 Å². The van der Waals surface area contributed by atoms with Crippen LogP contribution in [0, 0.1) is 5.92 Å². The molecule has 1 aliphatic heterocycles. The molecule has 4 unspecified atom stereocenters. The van der Waals surface area contributed by atoms with Gasteiger partial charge >= 0.3 is 0 Å². The number of nitrogens with zero attached hydrogens (tertiary/aromatic N) is 2. The zero-order chi connectivity index (χ0) is 26.0. The van der Waals surface area contributed by atoms with E-state index in [-0.39, 0.29) is 29.9 Å². The minimum absolute atomic E-state index is 0.0533. The normalized spacial score (nSPS) is 22.4. The highest BCUT2D eigenvalue weighted by molar-refractivity contribution is 6.76. The number of benzene rings is 2. The molecule has 1 saturated heterocycles. The van der Waals surface area contributed by atoms with Gasteiger partial charge in [-0.05, 0) is 23.3 Å². The lowest BCUT2D eigenvalue weighted by atomic mass is 9.90. The van der Waals surface area contributed by atoms with Gasteiger partial charge in [0.1, 0.15) is 5.15 Å². The van der Waals surface area contributed by atoms with Crippen LogP contribution in [0.25, 0.3) is 0 Å². The van der Waals surface area contributed by atoms with Gasteiger partial charge in [0.15, 0.2) is 11.4 Å². The van der Waals surface area contributed by atoms with Crippen molar-refractivity contribution in [1.82, 2.24) is 9.55 Å². The van der Waals surface area contributed by atoms with Crippen LogP contribution >= 0.6 is 58.0 Å². The smallest absolute Gasteiger partial charge is 0.276 e. The van der Waals surface area contributed by atoms with Crippen molar-refractivity contribution in [3.63, 3.8) is 0 Å². The van der Waals surface area contributed by atoms with Crippen LogP contribution in [0.15, 0.2) is 54.9 Å². The van der Waals surface area contributed by atoms with E-state index in [1.807, 2.05) is 37.3 Å². The summed E-state index contributed by atoms with van der Waals surface area (Å²) >= 11 is 29.4. The first kappa shape index (κ1) is 27.5. The SMILES string of the molecule is CC1C(Cn2cnc(Cl)c2Cl)OC(c2cccc(NC(=O)C(Cl)(Cl)Cl)c2)OC1c1ccc(CO)cc1. The Morgan fingerprint density at radius 3 is 2.44 bits per heavy atom. The van der Waals surface area contributed by atoms with Gasteiger partial charge in [-0.2, -0.15) is 0 Å². The molecule has 0 spiro atoms. The third kappa shape index (κ3) is 6.29. The predicted octanol–water partition coefficient (Wildman–Crippen LogP) is 6.48. The van der Waals surface area contributed by atoms with Crippen molar-refractivity contribution < 1.29 is 19.4 Å². The van der Waals surface area contributed by atoms with Crippen LogP contribution in [0.3, 0.4) is 0 Å². The molecule has 7 nitrogen and oxygen atoms in total. The molecule has 4 atom stereocenters. The molecule has 192 valence electrons. The molecule has 2 heterocycles. The van der Waals surface area contributed by atoms with Gasteiger partial charge in [0.2, 0.25) is 0 Å². The Morgan fingerprint density at radius 2 is 1.83 bits per heavy atom. The highest BCUT2D eigenvalue weighted by Crippen LogP contribution is 2.43. The number of imidazole rings is 1. The van der Waals surface area contributed by atoms with Crippen molar-refractivity contribution in [1.29, 1.82) is 0 Å². The van der Waals surface area contributed by atoms with Crippen LogP contribution in [0.2, 0.25) is 10.3 Å². The molecular weight excluding hydrogens is 572 g/mol. The standard InChI is InChI=1S/C24H22Cl5N3O4/c1-13-18(10-32-12-30-20(25)21(32)26)35-22(36-19(13)15-7-5-14(11-33)6-8-15)16-3-2-4-17(9-16)31-23(34)24(27,28)29/h2-9,12-13,18-19,22,33H,10-11H2,1H3,(H,31,34). The van der Waals surface area contributed by atoms with Gasteiger partial charge in [-0.1, -0.05) is 101 Å². The van der Waals surface area contributed by atoms with Crippen LogP contribution in [0.5, 0.6) is 0 Å². The Balaban J connectivity index is 1.64. The quantitative estimate of drug-likeness (QED) is 0.320. The van der Waals surface area contributed by atoms with Crippen molar-refractivity contribution in [2.24, 2.45) is 5.92 Å². The lowest BCUT2D eigenvalue weighted by molar-refractivity contribution is -0.276. The second-order valence-electron chi connectivity index (χ2n) is 8.38. The Hall–Kier alpha value is -1.55. The Labute approximate surface area is 233 Å². The predicted molar refractivity (Wildman–Crippen MR) is 141 cm³/mol. The topological polar surface area (TPSA) is 85.6 Å². The van der Waals surface area contributed by atoms with Crippen molar-refractivity contribution in [2.75, 3.05) is 5.32 Å². The van der Waals surface area contributed by atoms with E-state index in [4.69, 9.17) is 67.5 Å². The monoisotopic (exact) mass is 591 g/mol. The third-order valence-corrected chi connectivity index (χ3v) is 7.19. The van der Waals surface area contributed by atoms with Crippen LogP contribution in [0.4, 0.5) is 5.69 Å². The van der Waals surface area contributed by atoms with Crippen molar-refractivity contribution >= 4 is 69.6 Å². The van der Waals surface area contributed by atoms with Crippen LogP contribution < -0.4 is 5.32 Å². The fourth-order valence-corrected chi connectivity index (χ4v) is 4.41. The fourth-order valence-electron chi connectivity index (χ4n) is 3.96. The summed E-state index contributed by atoms with van der Waals surface area (Å²) in [4.78, 5) is 16.2. The third-order valence-electron chi connectivity index (χ3n) is 5.91. The lowest BCUT2D eigenvalue weighted by Gasteiger charge is -2.41. The molecule has 1 fully saturated rings. The van der Waals surface area contributed by atoms with Gasteiger partial charge in [0.05, 0.1) is 31.7 Å². The molecule has 12 heteroatoms. The summed E-state index contributed by atoms with van der Waals surface area (Å²) in [6, 6.07) is 14.5. The van der Waals surface area contributed by atoms with E-state index in [0.29, 0.717) is 22.9 Å². The van der Waals surface area contributed by atoms with Crippen molar-refractivity contribution in [3.05, 3.63) is 81.9 Å². The molecule has 2 N–H and O–H groups in total. The number of aliphatic hydroxyl groups is 1. The minimum atomic E-state index is -2.11. The summed E-state index contributed by atoms with van der Waals surface area (Å²) in [5.74, 6) is -0.874. The number of carbonyl (C=O) groups is 1. The number of anilines is 1. The summed E-state index contributed by atoms with van der Waals surface area (Å²) < 4.78 is 12.4. The lowest BCUT2D eigenvalue weighted by Crippen LogP contribution is -2.39. The van der Waals surface area contributed by atoms with E-state index in [0.717, 1.165) is 11.1 Å². The molecule has 0 aliphatic carbocycles. The number of aromatic nitrogens is 2. The minimum Gasteiger partial charge on any atom is -0.392 e. The van der Waals surface area contributed by atoms with E-state index in [2.05, 4.69) is 10.3 Å². The summed E-state index contributed by atoms with van der Waals surface area (Å²) in [5, 5.41) is 12.5. The number of alkyl halides is 3. The summed E-state index contributed by atoms with van der Waals surface area (Å²) in [6.45, 7) is 2.35. The number of aliphatic hydroxyl groups excluding tert-OH is 1. The van der Waals surface area contributed by atoms with E-state index in [1.54, 1.807) is 29.1 Å². The molecule has 3 aromatic rings. The largest absolute Gasteiger partial charge is 0.392 e. The molecule has 1 amide bonds. The Bertz CT molecular complexity index is 1220. The molecule has 2 aromatic carbocycles. The zero-order valence-corrected chi connectivity index (χ0v) is 22.7. The number of amides is 1. The molecule has 4 rings (SSSR count). The highest BCUT2D eigenvalue weighted by atomic mass is 35.6. The molecule has 36 heavy (non-hydrogen) atoms. The fraction of sp³-hybridized carbons (Fsp3) is 0.333.